The van der Waals surface area contributed by atoms with E-state index in [1.165, 1.54) is 0 Å². The van der Waals surface area contributed by atoms with Gasteiger partial charge in [-0.15, -0.1) is 0 Å². The van der Waals surface area contributed by atoms with Gasteiger partial charge in [-0.3, -0.25) is 0 Å². The molecule has 1 aromatic carbocycles. The minimum Gasteiger partial charge on any atom is -0.373 e. The molecular formula is C19H29NO4S. The molecule has 0 saturated carbocycles. The second-order valence-electron chi connectivity index (χ2n) is 7.96. The lowest BCUT2D eigenvalue weighted by molar-refractivity contribution is -0.0317. The van der Waals surface area contributed by atoms with Crippen LogP contribution in [-0.2, 0) is 26.1 Å². The average molecular weight is 368 g/mol. The van der Waals surface area contributed by atoms with Gasteiger partial charge in [-0.05, 0) is 45.6 Å². The van der Waals surface area contributed by atoms with E-state index in [1.807, 2.05) is 30.3 Å². The lowest BCUT2D eigenvalue weighted by atomic mass is 9.97. The molecule has 0 unspecified atom stereocenters. The molecule has 0 radical (unpaired) electrons. The zero-order chi connectivity index (χ0) is 18.1. The number of rotatable bonds is 6. The number of hydrogen-bond donors (Lipinski definition) is 0. The van der Waals surface area contributed by atoms with Gasteiger partial charge in [0.1, 0.15) is 0 Å². The van der Waals surface area contributed by atoms with Crippen LogP contribution in [0.2, 0.25) is 0 Å². The number of piperidine rings is 1. The number of benzene rings is 1. The Balaban J connectivity index is 1.76. The van der Waals surface area contributed by atoms with E-state index in [0.29, 0.717) is 13.2 Å². The van der Waals surface area contributed by atoms with E-state index in [4.69, 9.17) is 9.47 Å². The van der Waals surface area contributed by atoms with Crippen LogP contribution < -0.4 is 0 Å². The summed E-state index contributed by atoms with van der Waals surface area (Å²) in [5, 5.41) is 0. The summed E-state index contributed by atoms with van der Waals surface area (Å²) in [6.45, 7) is 7.11. The summed E-state index contributed by atoms with van der Waals surface area (Å²) in [6.07, 6.45) is 2.52. The number of ether oxygens (including phenoxy) is 2. The van der Waals surface area contributed by atoms with Gasteiger partial charge in [-0.1, -0.05) is 30.3 Å². The molecule has 3 atom stereocenters. The summed E-state index contributed by atoms with van der Waals surface area (Å²) in [6, 6.07) is 9.89. The van der Waals surface area contributed by atoms with Gasteiger partial charge in [0.2, 0.25) is 10.0 Å². The number of nitrogens with zero attached hydrogens (tertiary/aromatic N) is 1. The molecule has 0 aliphatic carbocycles. The summed E-state index contributed by atoms with van der Waals surface area (Å²) in [5.74, 6) is 0. The summed E-state index contributed by atoms with van der Waals surface area (Å²) in [4.78, 5) is 0. The maximum atomic E-state index is 13.1. The van der Waals surface area contributed by atoms with Crippen LogP contribution in [-0.4, -0.2) is 48.9 Å². The Kier molecular flexibility index (Phi) is 5.54. The average Bonchev–Trinajstić information content (AvgIpc) is 3.37. The minimum absolute atomic E-state index is 0.0877. The third-order valence-corrected chi connectivity index (χ3v) is 7.58. The first-order valence-electron chi connectivity index (χ1n) is 9.07. The molecule has 3 rings (SSSR count). The molecule has 0 bridgehead atoms. The molecule has 0 spiro atoms. The SMILES string of the molecule is CC(C)(C)S(=O)(=O)N1CCC[C@H](OCc2ccccc2)[C@H]1C[C@H]1CO1. The third kappa shape index (κ3) is 4.42. The van der Waals surface area contributed by atoms with E-state index in [-0.39, 0.29) is 18.2 Å². The van der Waals surface area contributed by atoms with Crippen LogP contribution in [0, 0.1) is 0 Å². The Morgan fingerprint density at radius 1 is 1.24 bits per heavy atom. The van der Waals surface area contributed by atoms with E-state index in [9.17, 15) is 8.42 Å². The third-order valence-electron chi connectivity index (χ3n) is 4.96. The van der Waals surface area contributed by atoms with Crippen molar-refractivity contribution in [3.63, 3.8) is 0 Å². The molecule has 0 aromatic heterocycles. The van der Waals surface area contributed by atoms with Crippen molar-refractivity contribution in [2.45, 2.75) is 69.6 Å². The van der Waals surface area contributed by atoms with Crippen LogP contribution >= 0.6 is 0 Å². The van der Waals surface area contributed by atoms with Gasteiger partial charge in [-0.25, -0.2) is 8.42 Å². The van der Waals surface area contributed by atoms with Crippen LogP contribution in [0.3, 0.4) is 0 Å². The second-order valence-corrected chi connectivity index (χ2v) is 10.6. The van der Waals surface area contributed by atoms with E-state index < -0.39 is 14.8 Å². The summed E-state index contributed by atoms with van der Waals surface area (Å²) < 4.78 is 38.6. The fraction of sp³-hybridized carbons (Fsp3) is 0.684. The highest BCUT2D eigenvalue weighted by Gasteiger charge is 2.46. The Bertz CT molecular complexity index is 664. The highest BCUT2D eigenvalue weighted by Crippen LogP contribution is 2.34. The molecule has 25 heavy (non-hydrogen) atoms. The minimum atomic E-state index is -3.38. The number of hydrogen-bond acceptors (Lipinski definition) is 4. The molecule has 5 nitrogen and oxygen atoms in total. The summed E-state index contributed by atoms with van der Waals surface area (Å²) >= 11 is 0. The molecule has 0 amide bonds. The first kappa shape index (κ1) is 18.8. The first-order chi connectivity index (χ1) is 11.8. The van der Waals surface area contributed by atoms with Gasteiger partial charge in [0.05, 0.1) is 36.2 Å². The van der Waals surface area contributed by atoms with Crippen molar-refractivity contribution in [3.8, 4) is 0 Å². The van der Waals surface area contributed by atoms with E-state index >= 15 is 0 Å². The molecule has 6 heteroatoms. The monoisotopic (exact) mass is 367 g/mol. The first-order valence-corrected chi connectivity index (χ1v) is 10.5. The predicted molar refractivity (Wildman–Crippen MR) is 97.8 cm³/mol. The Morgan fingerprint density at radius 3 is 2.52 bits per heavy atom. The summed E-state index contributed by atoms with van der Waals surface area (Å²) in [5.41, 5.74) is 1.11. The fourth-order valence-electron chi connectivity index (χ4n) is 3.36. The zero-order valence-electron chi connectivity index (χ0n) is 15.3. The zero-order valence-corrected chi connectivity index (χ0v) is 16.2. The molecule has 2 aliphatic rings. The lowest BCUT2D eigenvalue weighted by Crippen LogP contribution is -2.56. The Labute approximate surface area is 151 Å². The molecular weight excluding hydrogens is 338 g/mol. The van der Waals surface area contributed by atoms with Crippen molar-refractivity contribution in [3.05, 3.63) is 35.9 Å². The largest absolute Gasteiger partial charge is 0.373 e. The van der Waals surface area contributed by atoms with E-state index in [1.54, 1.807) is 25.1 Å². The standard InChI is InChI=1S/C19H29NO4S/c1-19(2,3)25(21,22)20-11-7-10-18(17(20)12-16-14-23-16)24-13-15-8-5-4-6-9-15/h4-6,8-9,16-18H,7,10-14H2,1-3H3/t16-,17+,18-/m0/s1. The van der Waals surface area contributed by atoms with Gasteiger partial charge in [0, 0.05) is 6.54 Å². The van der Waals surface area contributed by atoms with Crippen molar-refractivity contribution < 1.29 is 17.9 Å². The van der Waals surface area contributed by atoms with E-state index in [2.05, 4.69) is 0 Å². The predicted octanol–water partition coefficient (Wildman–Crippen LogP) is 2.95. The molecule has 2 aliphatic heterocycles. The van der Waals surface area contributed by atoms with Crippen molar-refractivity contribution in [2.75, 3.05) is 13.2 Å². The quantitative estimate of drug-likeness (QED) is 0.726. The smallest absolute Gasteiger partial charge is 0.219 e. The van der Waals surface area contributed by atoms with Crippen molar-refractivity contribution >= 4 is 10.0 Å². The van der Waals surface area contributed by atoms with Crippen molar-refractivity contribution in [1.82, 2.24) is 4.31 Å². The van der Waals surface area contributed by atoms with Crippen LogP contribution in [0.25, 0.3) is 0 Å². The van der Waals surface area contributed by atoms with Gasteiger partial charge < -0.3 is 9.47 Å². The fourth-order valence-corrected chi connectivity index (χ4v) is 5.01. The van der Waals surface area contributed by atoms with Gasteiger partial charge in [0.15, 0.2) is 0 Å². The molecule has 140 valence electrons. The topological polar surface area (TPSA) is 59.1 Å². The molecule has 0 N–H and O–H groups in total. The Morgan fingerprint density at radius 2 is 1.92 bits per heavy atom. The molecule has 2 saturated heterocycles. The lowest BCUT2D eigenvalue weighted by Gasteiger charge is -2.42. The maximum absolute atomic E-state index is 13.1. The molecule has 2 fully saturated rings. The van der Waals surface area contributed by atoms with Gasteiger partial charge >= 0.3 is 0 Å². The highest BCUT2D eigenvalue weighted by atomic mass is 32.2. The molecule has 2 heterocycles. The van der Waals surface area contributed by atoms with Gasteiger partial charge in [0.25, 0.3) is 0 Å². The summed E-state index contributed by atoms with van der Waals surface area (Å²) in [7, 11) is -3.38. The number of epoxide rings is 1. The number of sulfonamides is 1. The normalized spacial score (nSPS) is 28.0. The van der Waals surface area contributed by atoms with Crippen LogP contribution in [0.1, 0.15) is 45.6 Å². The molecule has 1 aromatic rings. The van der Waals surface area contributed by atoms with Crippen molar-refractivity contribution in [1.29, 1.82) is 0 Å². The van der Waals surface area contributed by atoms with Crippen LogP contribution in [0.5, 0.6) is 0 Å². The highest BCUT2D eigenvalue weighted by molar-refractivity contribution is 7.90. The van der Waals surface area contributed by atoms with Crippen molar-refractivity contribution in [2.24, 2.45) is 0 Å². The maximum Gasteiger partial charge on any atom is 0.219 e. The van der Waals surface area contributed by atoms with E-state index in [0.717, 1.165) is 31.4 Å². The van der Waals surface area contributed by atoms with Crippen LogP contribution in [0.4, 0.5) is 0 Å². The second kappa shape index (κ2) is 7.35. The van der Waals surface area contributed by atoms with Gasteiger partial charge in [-0.2, -0.15) is 4.31 Å². The van der Waals surface area contributed by atoms with Crippen LogP contribution in [0.15, 0.2) is 30.3 Å². The Hall–Kier alpha value is -0.950.